The van der Waals surface area contributed by atoms with Crippen LogP contribution in [0.25, 0.3) is 0 Å². The summed E-state index contributed by atoms with van der Waals surface area (Å²) in [5.74, 6) is 0.348. The fraction of sp³-hybridized carbons (Fsp3) is 0.800. The van der Waals surface area contributed by atoms with E-state index >= 15 is 0 Å². The molecule has 0 aliphatic heterocycles. The van der Waals surface area contributed by atoms with Crippen LogP contribution in [0.1, 0.15) is 58.3 Å². The van der Waals surface area contributed by atoms with Crippen molar-refractivity contribution in [3.8, 4) is 0 Å². The van der Waals surface area contributed by atoms with E-state index in [4.69, 9.17) is 0 Å². The van der Waals surface area contributed by atoms with Crippen molar-refractivity contribution in [2.24, 2.45) is 5.92 Å². The molecular formula is C15H25NO2. The lowest BCUT2D eigenvalue weighted by molar-refractivity contribution is -0.118. The highest BCUT2D eigenvalue weighted by molar-refractivity contribution is 5.93. The molecule has 1 amide bonds. The highest BCUT2D eigenvalue weighted by atomic mass is 16.3. The van der Waals surface area contributed by atoms with E-state index in [0.717, 1.165) is 37.7 Å². The van der Waals surface area contributed by atoms with Crippen LogP contribution < -0.4 is 5.32 Å². The summed E-state index contributed by atoms with van der Waals surface area (Å²) in [5, 5.41) is 12.5. The minimum atomic E-state index is 0.0947. The van der Waals surface area contributed by atoms with Crippen LogP contribution in [0.5, 0.6) is 0 Å². The summed E-state index contributed by atoms with van der Waals surface area (Å²) >= 11 is 0. The third-order valence-electron chi connectivity index (χ3n) is 4.54. The minimum Gasteiger partial charge on any atom is -0.396 e. The number of carbonyl (C=O) groups is 1. The van der Waals surface area contributed by atoms with Crippen molar-refractivity contribution in [1.82, 2.24) is 5.32 Å². The third-order valence-corrected chi connectivity index (χ3v) is 4.54. The van der Waals surface area contributed by atoms with Crippen molar-refractivity contribution >= 4 is 5.91 Å². The van der Waals surface area contributed by atoms with Gasteiger partial charge in [0, 0.05) is 24.1 Å². The van der Waals surface area contributed by atoms with Gasteiger partial charge in [0.25, 0.3) is 0 Å². The average Bonchev–Trinajstić information content (AvgIpc) is 2.92. The third kappa shape index (κ3) is 3.14. The van der Waals surface area contributed by atoms with Gasteiger partial charge in [-0.1, -0.05) is 18.4 Å². The van der Waals surface area contributed by atoms with Gasteiger partial charge in [0.1, 0.15) is 0 Å². The number of amides is 1. The second kappa shape index (κ2) is 6.37. The summed E-state index contributed by atoms with van der Waals surface area (Å²) in [5.41, 5.74) is 2.26. The highest BCUT2D eigenvalue weighted by Crippen LogP contribution is 2.28. The van der Waals surface area contributed by atoms with Gasteiger partial charge < -0.3 is 10.4 Å². The molecule has 3 nitrogen and oxygen atoms in total. The number of aliphatic hydroxyl groups is 1. The molecule has 2 aliphatic rings. The molecule has 0 radical (unpaired) electrons. The van der Waals surface area contributed by atoms with Gasteiger partial charge >= 0.3 is 0 Å². The van der Waals surface area contributed by atoms with Gasteiger partial charge in [-0.05, 0) is 45.4 Å². The molecule has 0 heterocycles. The maximum absolute atomic E-state index is 12.2. The van der Waals surface area contributed by atoms with Gasteiger partial charge in [0.2, 0.25) is 5.91 Å². The monoisotopic (exact) mass is 251 g/mol. The number of allylic oxidation sites excluding steroid dienone is 1. The van der Waals surface area contributed by atoms with Crippen molar-refractivity contribution in [2.75, 3.05) is 6.61 Å². The lowest BCUT2D eigenvalue weighted by Crippen LogP contribution is -2.43. The van der Waals surface area contributed by atoms with E-state index < -0.39 is 0 Å². The second-order valence-corrected chi connectivity index (χ2v) is 5.74. The SMILES string of the molecule is CC(C(=O)NC1CCCCC1CO)=C1CCCC1. The Morgan fingerprint density at radius 1 is 1.22 bits per heavy atom. The molecule has 0 saturated heterocycles. The van der Waals surface area contributed by atoms with E-state index in [9.17, 15) is 9.90 Å². The van der Waals surface area contributed by atoms with Crippen LogP contribution in [0.3, 0.4) is 0 Å². The van der Waals surface area contributed by atoms with Crippen molar-refractivity contribution in [2.45, 2.75) is 64.3 Å². The number of aliphatic hydroxyl groups excluding tert-OH is 1. The first-order chi connectivity index (χ1) is 8.72. The topological polar surface area (TPSA) is 49.3 Å². The van der Waals surface area contributed by atoms with E-state index in [0.29, 0.717) is 0 Å². The van der Waals surface area contributed by atoms with Gasteiger partial charge in [0.15, 0.2) is 0 Å². The van der Waals surface area contributed by atoms with Crippen LogP contribution in [0.2, 0.25) is 0 Å². The summed E-state index contributed by atoms with van der Waals surface area (Å²) in [6, 6.07) is 0.174. The summed E-state index contributed by atoms with van der Waals surface area (Å²) in [7, 11) is 0. The molecule has 2 N–H and O–H groups in total. The Labute approximate surface area is 110 Å². The number of hydrogen-bond donors (Lipinski definition) is 2. The Bertz CT molecular complexity index is 327. The Kier molecular flexibility index (Phi) is 4.81. The normalized spacial score (nSPS) is 28.2. The molecule has 0 aromatic rings. The fourth-order valence-corrected chi connectivity index (χ4v) is 3.23. The molecule has 0 bridgehead atoms. The zero-order valence-corrected chi connectivity index (χ0v) is 11.4. The van der Waals surface area contributed by atoms with Crippen molar-refractivity contribution < 1.29 is 9.90 Å². The Hall–Kier alpha value is -0.830. The molecule has 102 valence electrons. The Balaban J connectivity index is 1.95. The zero-order chi connectivity index (χ0) is 13.0. The summed E-state index contributed by atoms with van der Waals surface area (Å²) in [4.78, 5) is 12.2. The first-order valence-corrected chi connectivity index (χ1v) is 7.32. The van der Waals surface area contributed by atoms with Crippen LogP contribution in [0.15, 0.2) is 11.1 Å². The van der Waals surface area contributed by atoms with Crippen molar-refractivity contribution in [1.29, 1.82) is 0 Å². The standard InChI is InChI=1S/C15H25NO2/c1-11(12-6-2-3-7-12)15(18)16-14-9-5-4-8-13(14)10-17/h13-14,17H,2-10H2,1H3,(H,16,18). The van der Waals surface area contributed by atoms with E-state index in [1.165, 1.54) is 24.8 Å². The van der Waals surface area contributed by atoms with E-state index in [1.807, 2.05) is 6.92 Å². The molecule has 2 unspecified atom stereocenters. The molecular weight excluding hydrogens is 226 g/mol. The summed E-state index contributed by atoms with van der Waals surface area (Å²) in [6.07, 6.45) is 9.03. The first kappa shape index (κ1) is 13.6. The Morgan fingerprint density at radius 2 is 1.89 bits per heavy atom. The predicted molar refractivity (Wildman–Crippen MR) is 72.1 cm³/mol. The number of rotatable bonds is 3. The maximum atomic E-state index is 12.2. The van der Waals surface area contributed by atoms with Crippen LogP contribution in [0.4, 0.5) is 0 Å². The number of carbonyl (C=O) groups excluding carboxylic acids is 1. The van der Waals surface area contributed by atoms with Gasteiger partial charge in [0.05, 0.1) is 0 Å². The molecule has 0 aromatic heterocycles. The van der Waals surface area contributed by atoms with Crippen LogP contribution in [0, 0.1) is 5.92 Å². The molecule has 0 spiro atoms. The lowest BCUT2D eigenvalue weighted by Gasteiger charge is -2.31. The number of hydrogen-bond acceptors (Lipinski definition) is 2. The molecule has 18 heavy (non-hydrogen) atoms. The van der Waals surface area contributed by atoms with Gasteiger partial charge in [-0.25, -0.2) is 0 Å². The van der Waals surface area contributed by atoms with E-state index in [1.54, 1.807) is 0 Å². The van der Waals surface area contributed by atoms with Gasteiger partial charge in [-0.3, -0.25) is 4.79 Å². The molecule has 2 aliphatic carbocycles. The van der Waals surface area contributed by atoms with E-state index in [2.05, 4.69) is 5.32 Å². The predicted octanol–water partition coefficient (Wildman–Crippen LogP) is 2.54. The van der Waals surface area contributed by atoms with Crippen LogP contribution >= 0.6 is 0 Å². The first-order valence-electron chi connectivity index (χ1n) is 7.32. The molecule has 2 rings (SSSR count). The summed E-state index contributed by atoms with van der Waals surface area (Å²) < 4.78 is 0. The molecule has 3 heteroatoms. The maximum Gasteiger partial charge on any atom is 0.247 e. The number of nitrogens with one attached hydrogen (secondary N) is 1. The second-order valence-electron chi connectivity index (χ2n) is 5.74. The van der Waals surface area contributed by atoms with Gasteiger partial charge in [-0.2, -0.15) is 0 Å². The quantitative estimate of drug-likeness (QED) is 0.757. The van der Waals surface area contributed by atoms with Gasteiger partial charge in [-0.15, -0.1) is 0 Å². The highest BCUT2D eigenvalue weighted by Gasteiger charge is 2.26. The Morgan fingerprint density at radius 3 is 2.56 bits per heavy atom. The van der Waals surface area contributed by atoms with E-state index in [-0.39, 0.29) is 24.5 Å². The average molecular weight is 251 g/mol. The fourth-order valence-electron chi connectivity index (χ4n) is 3.23. The summed E-state index contributed by atoms with van der Waals surface area (Å²) in [6.45, 7) is 2.15. The minimum absolute atomic E-state index is 0.0947. The molecule has 2 fully saturated rings. The molecule has 2 saturated carbocycles. The smallest absolute Gasteiger partial charge is 0.247 e. The molecule has 2 atom stereocenters. The van der Waals surface area contributed by atoms with Crippen molar-refractivity contribution in [3.63, 3.8) is 0 Å². The lowest BCUT2D eigenvalue weighted by atomic mass is 9.85. The zero-order valence-electron chi connectivity index (χ0n) is 11.4. The molecule has 0 aromatic carbocycles. The van der Waals surface area contributed by atoms with Crippen LogP contribution in [-0.4, -0.2) is 23.7 Å². The van der Waals surface area contributed by atoms with Crippen molar-refractivity contribution in [3.05, 3.63) is 11.1 Å². The largest absolute Gasteiger partial charge is 0.396 e. The van der Waals surface area contributed by atoms with Crippen LogP contribution in [-0.2, 0) is 4.79 Å².